The van der Waals surface area contributed by atoms with Gasteiger partial charge in [0.1, 0.15) is 0 Å². The molecule has 3 heteroatoms. The number of hydrogen-bond acceptors (Lipinski definition) is 2. The lowest BCUT2D eigenvalue weighted by atomic mass is 10.2. The Balaban J connectivity index is 3.40. The van der Waals surface area contributed by atoms with Crippen molar-refractivity contribution < 1.29 is 9.09 Å². The summed E-state index contributed by atoms with van der Waals surface area (Å²) in [6, 6.07) is 0. The zero-order chi connectivity index (χ0) is 10.2. The molecule has 0 aliphatic carbocycles. The molecule has 0 saturated heterocycles. The van der Waals surface area contributed by atoms with E-state index in [1.165, 1.54) is 19.3 Å². The van der Waals surface area contributed by atoms with Crippen LogP contribution in [0.15, 0.2) is 12.7 Å². The van der Waals surface area contributed by atoms with Gasteiger partial charge in [-0.3, -0.25) is 4.57 Å². The van der Waals surface area contributed by atoms with E-state index in [-0.39, 0.29) is 0 Å². The highest BCUT2D eigenvalue weighted by Crippen LogP contribution is 2.42. The van der Waals surface area contributed by atoms with Crippen molar-refractivity contribution in [2.75, 3.05) is 19.4 Å². The zero-order valence-corrected chi connectivity index (χ0v) is 9.69. The smallest absolute Gasteiger partial charge is 0.203 e. The second-order valence-corrected chi connectivity index (χ2v) is 6.03. The normalized spacial score (nSPS) is 15.2. The van der Waals surface area contributed by atoms with Crippen LogP contribution in [0.5, 0.6) is 0 Å². The molecule has 0 heterocycles. The third-order valence-corrected chi connectivity index (χ3v) is 3.47. The van der Waals surface area contributed by atoms with E-state index in [9.17, 15) is 4.57 Å². The molecule has 0 aliphatic rings. The zero-order valence-electron chi connectivity index (χ0n) is 8.79. The van der Waals surface area contributed by atoms with Gasteiger partial charge in [0.15, 0.2) is 0 Å². The maximum absolute atomic E-state index is 11.6. The van der Waals surface area contributed by atoms with Crippen molar-refractivity contribution in [2.24, 2.45) is 0 Å². The van der Waals surface area contributed by atoms with E-state index in [1.807, 2.05) is 0 Å². The van der Waals surface area contributed by atoms with Gasteiger partial charge in [-0.25, -0.2) is 0 Å². The van der Waals surface area contributed by atoms with Gasteiger partial charge < -0.3 is 4.52 Å². The van der Waals surface area contributed by atoms with Gasteiger partial charge in [0.05, 0.1) is 6.61 Å². The largest absolute Gasteiger partial charge is 0.328 e. The average molecular weight is 204 g/mol. The molecule has 0 radical (unpaired) electrons. The van der Waals surface area contributed by atoms with Crippen molar-refractivity contribution in [2.45, 2.75) is 32.6 Å². The van der Waals surface area contributed by atoms with Crippen LogP contribution >= 0.6 is 7.37 Å². The Morgan fingerprint density at radius 2 is 2.08 bits per heavy atom. The molecule has 13 heavy (non-hydrogen) atoms. The highest BCUT2D eigenvalue weighted by atomic mass is 31.2. The Kier molecular flexibility index (Phi) is 7.31. The van der Waals surface area contributed by atoms with Gasteiger partial charge in [-0.1, -0.05) is 32.3 Å². The van der Waals surface area contributed by atoms with Crippen LogP contribution in [0, 0.1) is 0 Å². The van der Waals surface area contributed by atoms with E-state index < -0.39 is 7.37 Å². The summed E-state index contributed by atoms with van der Waals surface area (Å²) in [5.41, 5.74) is 0. The van der Waals surface area contributed by atoms with E-state index >= 15 is 0 Å². The van der Waals surface area contributed by atoms with Crippen LogP contribution < -0.4 is 0 Å². The third-order valence-electron chi connectivity index (χ3n) is 1.82. The molecule has 78 valence electrons. The lowest BCUT2D eigenvalue weighted by Gasteiger charge is -2.11. The van der Waals surface area contributed by atoms with E-state index in [0.717, 1.165) is 6.42 Å². The average Bonchev–Trinajstić information content (AvgIpc) is 2.04. The molecule has 0 aromatic rings. The number of unbranched alkanes of at least 4 members (excludes halogenated alkanes) is 3. The summed E-state index contributed by atoms with van der Waals surface area (Å²) in [5.74, 6) is 0. The molecule has 0 bridgehead atoms. The maximum atomic E-state index is 11.6. The topological polar surface area (TPSA) is 26.3 Å². The maximum Gasteiger partial charge on any atom is 0.203 e. The van der Waals surface area contributed by atoms with Crippen LogP contribution in [0.4, 0.5) is 0 Å². The minimum atomic E-state index is -2.36. The molecule has 0 N–H and O–H groups in total. The molecule has 1 unspecified atom stereocenters. The summed E-state index contributed by atoms with van der Waals surface area (Å²) in [4.78, 5) is 0. The second-order valence-electron chi connectivity index (χ2n) is 3.38. The molecule has 2 nitrogen and oxygen atoms in total. The van der Waals surface area contributed by atoms with Crippen molar-refractivity contribution >= 4 is 7.37 Å². The van der Waals surface area contributed by atoms with E-state index in [2.05, 4.69) is 13.5 Å². The Morgan fingerprint density at radius 3 is 2.62 bits per heavy atom. The van der Waals surface area contributed by atoms with Gasteiger partial charge in [0.25, 0.3) is 0 Å². The molecule has 0 saturated carbocycles. The first kappa shape index (κ1) is 12.9. The van der Waals surface area contributed by atoms with Crippen LogP contribution in [0.1, 0.15) is 32.6 Å². The quantitative estimate of drug-likeness (QED) is 0.342. The fraction of sp³-hybridized carbons (Fsp3) is 0.800. The first-order valence-corrected chi connectivity index (χ1v) is 7.20. The Bertz CT molecular complexity index is 178. The summed E-state index contributed by atoms with van der Waals surface area (Å²) in [6.45, 7) is 8.02. The van der Waals surface area contributed by atoms with Gasteiger partial charge in [-0.15, -0.1) is 6.58 Å². The SMILES string of the molecule is C=CCP(C)(=O)OCCCCCC. The molecule has 0 aromatic heterocycles. The molecule has 0 amide bonds. The van der Waals surface area contributed by atoms with Crippen LogP contribution in [0.3, 0.4) is 0 Å². The Hall–Kier alpha value is -0.0700. The predicted molar refractivity (Wildman–Crippen MR) is 58.7 cm³/mol. The fourth-order valence-corrected chi connectivity index (χ4v) is 2.16. The van der Waals surface area contributed by atoms with Gasteiger partial charge in [-0.2, -0.15) is 0 Å². The molecule has 0 fully saturated rings. The van der Waals surface area contributed by atoms with Crippen LogP contribution in [-0.4, -0.2) is 19.4 Å². The van der Waals surface area contributed by atoms with E-state index in [4.69, 9.17) is 4.52 Å². The lowest BCUT2D eigenvalue weighted by molar-refractivity contribution is 0.307. The van der Waals surface area contributed by atoms with E-state index in [0.29, 0.717) is 12.8 Å². The third kappa shape index (κ3) is 8.27. The summed E-state index contributed by atoms with van der Waals surface area (Å²) in [6.07, 6.45) is 6.79. The van der Waals surface area contributed by atoms with Crippen molar-refractivity contribution in [1.29, 1.82) is 0 Å². The predicted octanol–water partition coefficient (Wildman–Crippen LogP) is 3.68. The van der Waals surface area contributed by atoms with Gasteiger partial charge in [-0.05, 0) is 6.42 Å². The molecular weight excluding hydrogens is 183 g/mol. The van der Waals surface area contributed by atoms with E-state index in [1.54, 1.807) is 12.7 Å². The molecule has 0 aromatic carbocycles. The molecule has 1 atom stereocenters. The molecule has 0 rings (SSSR count). The molecule has 0 aliphatic heterocycles. The standard InChI is InChI=1S/C10H21O2P/c1-4-6-7-8-9-12-13(3,11)10-5-2/h5H,2,4,6-10H2,1,3H3. The molecular formula is C10H21O2P. The number of hydrogen-bond donors (Lipinski definition) is 0. The second kappa shape index (κ2) is 7.34. The first-order valence-electron chi connectivity index (χ1n) is 4.94. The first-order chi connectivity index (χ1) is 6.12. The minimum absolute atomic E-state index is 0.487. The van der Waals surface area contributed by atoms with Gasteiger partial charge in [0.2, 0.25) is 7.37 Å². The number of allylic oxidation sites excluding steroid dienone is 1. The van der Waals surface area contributed by atoms with Crippen LogP contribution in [0.25, 0.3) is 0 Å². The Labute approximate surface area is 81.8 Å². The van der Waals surface area contributed by atoms with Crippen LogP contribution in [0.2, 0.25) is 0 Å². The highest BCUT2D eigenvalue weighted by molar-refractivity contribution is 7.58. The van der Waals surface area contributed by atoms with Gasteiger partial charge >= 0.3 is 0 Å². The summed E-state index contributed by atoms with van der Waals surface area (Å²) in [5, 5.41) is 0. The summed E-state index contributed by atoms with van der Waals surface area (Å²) in [7, 11) is -2.36. The highest BCUT2D eigenvalue weighted by Gasteiger charge is 2.12. The van der Waals surface area contributed by atoms with Crippen molar-refractivity contribution in [3.8, 4) is 0 Å². The minimum Gasteiger partial charge on any atom is -0.328 e. The fourth-order valence-electron chi connectivity index (χ4n) is 1.07. The van der Waals surface area contributed by atoms with Crippen molar-refractivity contribution in [1.82, 2.24) is 0 Å². The number of rotatable bonds is 8. The van der Waals surface area contributed by atoms with Crippen LogP contribution in [-0.2, 0) is 9.09 Å². The summed E-state index contributed by atoms with van der Waals surface area (Å²) >= 11 is 0. The Morgan fingerprint density at radius 1 is 1.38 bits per heavy atom. The monoisotopic (exact) mass is 204 g/mol. The van der Waals surface area contributed by atoms with Crippen molar-refractivity contribution in [3.63, 3.8) is 0 Å². The molecule has 0 spiro atoms. The summed E-state index contributed by atoms with van der Waals surface area (Å²) < 4.78 is 16.9. The van der Waals surface area contributed by atoms with Gasteiger partial charge in [0, 0.05) is 12.8 Å². The lowest BCUT2D eigenvalue weighted by Crippen LogP contribution is -1.94. The van der Waals surface area contributed by atoms with Crippen molar-refractivity contribution in [3.05, 3.63) is 12.7 Å².